The number of carbonyl (C=O) groups excluding carboxylic acids is 1. The molecule has 1 amide bonds. The molecule has 27 heavy (non-hydrogen) atoms. The molecule has 0 atom stereocenters. The van der Waals surface area contributed by atoms with Crippen molar-refractivity contribution in [3.05, 3.63) is 76.9 Å². The lowest BCUT2D eigenvalue weighted by Gasteiger charge is -2.12. The number of nitrogens with one attached hydrogen (secondary N) is 2. The van der Waals surface area contributed by atoms with Crippen LogP contribution in [0, 0.1) is 6.92 Å². The maximum Gasteiger partial charge on any atom is 0.229 e. The van der Waals surface area contributed by atoms with E-state index in [2.05, 4.69) is 15.6 Å². The van der Waals surface area contributed by atoms with E-state index in [1.54, 1.807) is 31.5 Å². The van der Waals surface area contributed by atoms with Crippen LogP contribution >= 0.6 is 11.6 Å². The van der Waals surface area contributed by atoms with Crippen LogP contribution in [0.3, 0.4) is 0 Å². The first-order valence-electron chi connectivity index (χ1n) is 8.45. The molecule has 0 aliphatic rings. The summed E-state index contributed by atoms with van der Waals surface area (Å²) in [7, 11) is 1.63. The van der Waals surface area contributed by atoms with E-state index in [1.807, 2.05) is 43.3 Å². The molecule has 0 saturated heterocycles. The average molecular weight is 382 g/mol. The normalized spacial score (nSPS) is 10.3. The van der Waals surface area contributed by atoms with Gasteiger partial charge in [-0.1, -0.05) is 29.8 Å². The van der Waals surface area contributed by atoms with Crippen LogP contribution in [-0.2, 0) is 11.2 Å². The highest BCUT2D eigenvalue weighted by Crippen LogP contribution is 2.28. The molecule has 3 aromatic rings. The Kier molecular flexibility index (Phi) is 5.94. The number of pyridine rings is 1. The molecule has 1 aromatic heterocycles. The molecule has 5 nitrogen and oxygen atoms in total. The van der Waals surface area contributed by atoms with Gasteiger partial charge in [0.2, 0.25) is 5.91 Å². The molecular weight excluding hydrogens is 362 g/mol. The number of benzene rings is 2. The summed E-state index contributed by atoms with van der Waals surface area (Å²) in [6.45, 7) is 2.02. The first kappa shape index (κ1) is 18.7. The van der Waals surface area contributed by atoms with Gasteiger partial charge in [0.25, 0.3) is 0 Å². The first-order chi connectivity index (χ1) is 13.0. The molecular formula is C21H20ClN3O2. The zero-order valence-corrected chi connectivity index (χ0v) is 15.9. The van der Waals surface area contributed by atoms with Crippen LogP contribution in [0.4, 0.5) is 17.2 Å². The lowest BCUT2D eigenvalue weighted by atomic mass is 10.1. The molecule has 0 saturated carbocycles. The fraction of sp³-hybridized carbons (Fsp3) is 0.143. The third kappa shape index (κ3) is 5.21. The Hall–Kier alpha value is -3.05. The Bertz CT molecular complexity index is 925. The van der Waals surface area contributed by atoms with Crippen LogP contribution in [-0.4, -0.2) is 18.0 Å². The van der Waals surface area contributed by atoms with Gasteiger partial charge in [-0.3, -0.25) is 4.79 Å². The minimum atomic E-state index is -0.133. The number of hydrogen-bond acceptors (Lipinski definition) is 4. The summed E-state index contributed by atoms with van der Waals surface area (Å²) in [6.07, 6.45) is 1.93. The van der Waals surface area contributed by atoms with Crippen LogP contribution < -0.4 is 15.4 Å². The first-order valence-corrected chi connectivity index (χ1v) is 8.83. The molecule has 0 spiro atoms. The third-order valence-corrected chi connectivity index (χ3v) is 4.19. The number of nitrogens with zero attached hydrogens (tertiary/aromatic N) is 1. The second kappa shape index (κ2) is 8.56. The van der Waals surface area contributed by atoms with E-state index in [0.717, 1.165) is 28.3 Å². The summed E-state index contributed by atoms with van der Waals surface area (Å²) in [5.74, 6) is 1.11. The number of ether oxygens (including phenoxy) is 1. The monoisotopic (exact) mass is 381 g/mol. The van der Waals surface area contributed by atoms with Crippen LogP contribution in [0.15, 0.2) is 60.8 Å². The minimum absolute atomic E-state index is 0.133. The smallest absolute Gasteiger partial charge is 0.229 e. The van der Waals surface area contributed by atoms with Gasteiger partial charge < -0.3 is 15.4 Å². The Morgan fingerprint density at radius 1 is 1.11 bits per heavy atom. The summed E-state index contributed by atoms with van der Waals surface area (Å²) in [6, 6.07) is 16.7. The van der Waals surface area contributed by atoms with Gasteiger partial charge in [-0.15, -0.1) is 0 Å². The van der Waals surface area contributed by atoms with Crippen molar-refractivity contribution in [1.29, 1.82) is 0 Å². The number of carbonyl (C=O) groups is 1. The summed E-state index contributed by atoms with van der Waals surface area (Å²) in [5.41, 5.74) is 3.67. The summed E-state index contributed by atoms with van der Waals surface area (Å²) < 4.78 is 5.36. The topological polar surface area (TPSA) is 63.2 Å². The number of rotatable bonds is 6. The maximum absolute atomic E-state index is 12.1. The van der Waals surface area contributed by atoms with Gasteiger partial charge in [-0.2, -0.15) is 0 Å². The average Bonchev–Trinajstić information content (AvgIpc) is 2.65. The number of methoxy groups -OCH3 is 1. The van der Waals surface area contributed by atoms with Crippen LogP contribution in [0.2, 0.25) is 5.02 Å². The number of hydrogen-bond donors (Lipinski definition) is 2. The van der Waals surface area contributed by atoms with Gasteiger partial charge in [0.15, 0.2) is 0 Å². The van der Waals surface area contributed by atoms with Crippen molar-refractivity contribution in [2.75, 3.05) is 17.7 Å². The van der Waals surface area contributed by atoms with Gasteiger partial charge in [0.1, 0.15) is 11.6 Å². The van der Waals surface area contributed by atoms with Crippen molar-refractivity contribution in [3.8, 4) is 5.75 Å². The van der Waals surface area contributed by atoms with E-state index in [9.17, 15) is 4.79 Å². The van der Waals surface area contributed by atoms with Crippen molar-refractivity contribution in [2.45, 2.75) is 13.3 Å². The van der Waals surface area contributed by atoms with E-state index >= 15 is 0 Å². The van der Waals surface area contributed by atoms with Crippen molar-refractivity contribution in [2.24, 2.45) is 0 Å². The number of amides is 1. The maximum atomic E-state index is 12.1. The Morgan fingerprint density at radius 3 is 2.56 bits per heavy atom. The van der Waals surface area contributed by atoms with E-state index < -0.39 is 0 Å². The van der Waals surface area contributed by atoms with Gasteiger partial charge in [0.05, 0.1) is 31.1 Å². The molecule has 6 heteroatoms. The fourth-order valence-corrected chi connectivity index (χ4v) is 2.72. The van der Waals surface area contributed by atoms with Gasteiger partial charge >= 0.3 is 0 Å². The Balaban J connectivity index is 1.62. The summed E-state index contributed by atoms with van der Waals surface area (Å²) in [5, 5.41) is 6.72. The predicted molar refractivity (Wildman–Crippen MR) is 109 cm³/mol. The zero-order valence-electron chi connectivity index (χ0n) is 15.1. The Labute approximate surface area is 163 Å². The summed E-state index contributed by atoms with van der Waals surface area (Å²) in [4.78, 5) is 16.4. The highest BCUT2D eigenvalue weighted by Gasteiger charge is 2.07. The SMILES string of the molecule is COc1ccc(C)cc1Nc1ccc(NC(=O)Cc2ccc(Cl)cc2)nc1. The van der Waals surface area contributed by atoms with Crippen LogP contribution in [0.5, 0.6) is 5.75 Å². The molecule has 0 aliphatic carbocycles. The van der Waals surface area contributed by atoms with Crippen molar-refractivity contribution in [3.63, 3.8) is 0 Å². The van der Waals surface area contributed by atoms with Crippen molar-refractivity contribution < 1.29 is 9.53 Å². The predicted octanol–water partition coefficient (Wildman–Crippen LogP) is 4.98. The molecule has 0 radical (unpaired) electrons. The van der Waals surface area contributed by atoms with Gasteiger partial charge in [-0.05, 0) is 54.4 Å². The minimum Gasteiger partial charge on any atom is -0.495 e. The second-order valence-electron chi connectivity index (χ2n) is 6.11. The standard InChI is InChI=1S/C21H20ClN3O2/c1-14-3-9-19(27-2)18(11-14)24-17-8-10-20(23-13-17)25-21(26)12-15-4-6-16(22)7-5-15/h3-11,13,24H,12H2,1-2H3,(H,23,25,26). The lowest BCUT2D eigenvalue weighted by molar-refractivity contribution is -0.115. The number of aromatic nitrogens is 1. The molecule has 0 bridgehead atoms. The zero-order chi connectivity index (χ0) is 19.2. The molecule has 138 valence electrons. The molecule has 3 rings (SSSR count). The van der Waals surface area contributed by atoms with Gasteiger partial charge in [0, 0.05) is 5.02 Å². The third-order valence-electron chi connectivity index (χ3n) is 3.94. The van der Waals surface area contributed by atoms with Crippen LogP contribution in [0.25, 0.3) is 0 Å². The van der Waals surface area contributed by atoms with E-state index in [0.29, 0.717) is 10.8 Å². The quantitative estimate of drug-likeness (QED) is 0.632. The number of aryl methyl sites for hydroxylation is 1. The number of anilines is 3. The lowest BCUT2D eigenvalue weighted by Crippen LogP contribution is -2.15. The Morgan fingerprint density at radius 2 is 1.89 bits per heavy atom. The van der Waals surface area contributed by atoms with Gasteiger partial charge in [-0.25, -0.2) is 4.98 Å². The van der Waals surface area contributed by atoms with Crippen molar-refractivity contribution in [1.82, 2.24) is 4.98 Å². The highest BCUT2D eigenvalue weighted by molar-refractivity contribution is 6.30. The highest BCUT2D eigenvalue weighted by atomic mass is 35.5. The molecule has 0 aliphatic heterocycles. The van der Waals surface area contributed by atoms with E-state index in [4.69, 9.17) is 16.3 Å². The molecule has 2 N–H and O–H groups in total. The molecule has 2 aromatic carbocycles. The van der Waals surface area contributed by atoms with E-state index in [1.165, 1.54) is 0 Å². The van der Waals surface area contributed by atoms with Crippen molar-refractivity contribution >= 4 is 34.7 Å². The second-order valence-corrected chi connectivity index (χ2v) is 6.55. The van der Waals surface area contributed by atoms with E-state index in [-0.39, 0.29) is 12.3 Å². The largest absolute Gasteiger partial charge is 0.495 e. The molecule has 0 unspecified atom stereocenters. The number of halogens is 1. The molecule has 0 fully saturated rings. The fourth-order valence-electron chi connectivity index (χ4n) is 2.59. The van der Waals surface area contributed by atoms with Crippen LogP contribution in [0.1, 0.15) is 11.1 Å². The summed E-state index contributed by atoms with van der Waals surface area (Å²) >= 11 is 5.85. The molecule has 1 heterocycles.